The number of nitrogens with zero attached hydrogens (tertiary/aromatic N) is 1. The number of hydrogen-bond donors (Lipinski definition) is 1. The molecule has 1 aliphatic carbocycles. The summed E-state index contributed by atoms with van der Waals surface area (Å²) in [5.74, 6) is -0.174. The predicted molar refractivity (Wildman–Crippen MR) is 88.2 cm³/mol. The second kappa shape index (κ2) is 7.31. The molecule has 2 fully saturated rings. The van der Waals surface area contributed by atoms with Crippen LogP contribution in [0.15, 0.2) is 24.3 Å². The van der Waals surface area contributed by atoms with E-state index in [1.807, 2.05) is 7.05 Å². The van der Waals surface area contributed by atoms with Crippen molar-refractivity contribution in [2.24, 2.45) is 5.92 Å². The van der Waals surface area contributed by atoms with Gasteiger partial charge in [-0.05, 0) is 49.9 Å². The van der Waals surface area contributed by atoms with Gasteiger partial charge in [0.15, 0.2) is 0 Å². The molecule has 1 aromatic rings. The first-order chi connectivity index (χ1) is 10.9. The summed E-state index contributed by atoms with van der Waals surface area (Å²) in [5, 5.41) is 3.26. The van der Waals surface area contributed by atoms with Crippen molar-refractivity contribution in [1.82, 2.24) is 10.2 Å². The van der Waals surface area contributed by atoms with Crippen molar-refractivity contribution in [3.8, 4) is 0 Å². The molecule has 1 heterocycles. The maximum atomic E-state index is 12.8. The topological polar surface area (TPSA) is 32.3 Å². The molecule has 1 aromatic carbocycles. The van der Waals surface area contributed by atoms with E-state index in [0.29, 0.717) is 12.0 Å². The maximum absolute atomic E-state index is 12.8. The molecule has 2 atom stereocenters. The van der Waals surface area contributed by atoms with E-state index < -0.39 is 11.7 Å². The highest BCUT2D eigenvalue weighted by atomic mass is 35.5. The van der Waals surface area contributed by atoms with Gasteiger partial charge in [0.05, 0.1) is 5.56 Å². The van der Waals surface area contributed by atoms with Crippen LogP contribution in [0.2, 0.25) is 0 Å². The molecule has 3 rings (SSSR count). The van der Waals surface area contributed by atoms with Gasteiger partial charge in [0.2, 0.25) is 5.91 Å². The van der Waals surface area contributed by atoms with E-state index in [1.54, 1.807) is 11.0 Å². The molecule has 7 heteroatoms. The lowest BCUT2D eigenvalue weighted by Crippen LogP contribution is -2.44. The Morgan fingerprint density at radius 3 is 2.54 bits per heavy atom. The zero-order chi connectivity index (χ0) is 16.6. The molecular weight excluding hydrogens is 341 g/mol. The molecule has 0 spiro atoms. The Hall–Kier alpha value is -1.27. The lowest BCUT2D eigenvalue weighted by molar-refractivity contribution is -0.137. The molecule has 0 bridgehead atoms. The van der Waals surface area contributed by atoms with Crippen LogP contribution in [0.5, 0.6) is 0 Å². The van der Waals surface area contributed by atoms with Gasteiger partial charge in [0.1, 0.15) is 0 Å². The summed E-state index contributed by atoms with van der Waals surface area (Å²) in [6, 6.07) is 5.62. The molecule has 24 heavy (non-hydrogen) atoms. The van der Waals surface area contributed by atoms with Gasteiger partial charge in [-0.3, -0.25) is 4.79 Å². The quantitative estimate of drug-likeness (QED) is 0.893. The zero-order valence-electron chi connectivity index (χ0n) is 13.5. The zero-order valence-corrected chi connectivity index (χ0v) is 14.3. The molecule has 1 aliphatic heterocycles. The summed E-state index contributed by atoms with van der Waals surface area (Å²) in [5.41, 5.74) is -0.0169. The van der Waals surface area contributed by atoms with Crippen molar-refractivity contribution in [2.45, 2.75) is 37.4 Å². The minimum Gasteiger partial charge on any atom is -0.342 e. The first-order valence-corrected chi connectivity index (χ1v) is 8.02. The van der Waals surface area contributed by atoms with Gasteiger partial charge < -0.3 is 10.2 Å². The highest BCUT2D eigenvalue weighted by molar-refractivity contribution is 5.85. The SMILES string of the molecule is CN(C(=O)C1CC1c1cccc(C(F)(F)F)c1)C1CCNCC1.Cl. The fourth-order valence-corrected chi connectivity index (χ4v) is 3.42. The van der Waals surface area contributed by atoms with Crippen molar-refractivity contribution in [2.75, 3.05) is 20.1 Å². The number of benzene rings is 1. The molecule has 3 nitrogen and oxygen atoms in total. The normalized spacial score (nSPS) is 24.2. The number of amides is 1. The summed E-state index contributed by atoms with van der Waals surface area (Å²) >= 11 is 0. The van der Waals surface area contributed by atoms with Gasteiger partial charge >= 0.3 is 6.18 Å². The smallest absolute Gasteiger partial charge is 0.342 e. The molecule has 2 unspecified atom stereocenters. The minimum atomic E-state index is -4.34. The number of carbonyl (C=O) groups excluding carboxylic acids is 1. The van der Waals surface area contributed by atoms with Gasteiger partial charge in [0, 0.05) is 19.0 Å². The number of piperidine rings is 1. The van der Waals surface area contributed by atoms with Crippen LogP contribution >= 0.6 is 12.4 Å². The lowest BCUT2D eigenvalue weighted by atomic mass is 10.0. The third kappa shape index (κ3) is 4.03. The summed E-state index contributed by atoms with van der Waals surface area (Å²) in [4.78, 5) is 14.4. The number of nitrogens with one attached hydrogen (secondary N) is 1. The standard InChI is InChI=1S/C17H21F3N2O.ClH/c1-22(13-5-7-21-8-6-13)16(23)15-10-14(15)11-3-2-4-12(9-11)17(18,19)20;/h2-4,9,13-15,21H,5-8,10H2,1H3;1H. The molecule has 0 aromatic heterocycles. The van der Waals surface area contributed by atoms with Crippen LogP contribution in [-0.4, -0.2) is 37.0 Å². The Morgan fingerprint density at radius 2 is 1.92 bits per heavy atom. The Morgan fingerprint density at radius 1 is 1.25 bits per heavy atom. The number of alkyl halides is 3. The highest BCUT2D eigenvalue weighted by Gasteiger charge is 2.46. The molecule has 1 saturated heterocycles. The number of carbonyl (C=O) groups is 1. The van der Waals surface area contributed by atoms with Crippen LogP contribution in [0.25, 0.3) is 0 Å². The van der Waals surface area contributed by atoms with Crippen LogP contribution in [0.3, 0.4) is 0 Å². The van der Waals surface area contributed by atoms with Gasteiger partial charge in [-0.2, -0.15) is 13.2 Å². The second-order valence-electron chi connectivity index (χ2n) is 6.50. The van der Waals surface area contributed by atoms with Crippen LogP contribution in [0.1, 0.15) is 36.3 Å². The Bertz CT molecular complexity index is 587. The van der Waals surface area contributed by atoms with Crippen molar-refractivity contribution in [3.63, 3.8) is 0 Å². The van der Waals surface area contributed by atoms with Crippen molar-refractivity contribution < 1.29 is 18.0 Å². The molecular formula is C17H22ClF3N2O. The van der Waals surface area contributed by atoms with Crippen molar-refractivity contribution in [3.05, 3.63) is 35.4 Å². The summed E-state index contributed by atoms with van der Waals surface area (Å²) in [6.07, 6.45) is -1.82. The first-order valence-electron chi connectivity index (χ1n) is 8.02. The molecule has 2 aliphatic rings. The van der Waals surface area contributed by atoms with E-state index in [2.05, 4.69) is 5.32 Å². The molecule has 1 saturated carbocycles. The van der Waals surface area contributed by atoms with Crippen molar-refractivity contribution >= 4 is 18.3 Å². The summed E-state index contributed by atoms with van der Waals surface area (Å²) in [6.45, 7) is 1.81. The van der Waals surface area contributed by atoms with Gasteiger partial charge in [-0.15, -0.1) is 12.4 Å². The van der Waals surface area contributed by atoms with Crippen LogP contribution in [0.4, 0.5) is 13.2 Å². The average Bonchev–Trinajstić information content (AvgIpc) is 3.34. The van der Waals surface area contributed by atoms with Gasteiger partial charge in [0.25, 0.3) is 0 Å². The molecule has 134 valence electrons. The lowest BCUT2D eigenvalue weighted by Gasteiger charge is -2.32. The number of halogens is 4. The monoisotopic (exact) mass is 362 g/mol. The Balaban J connectivity index is 0.00000208. The first kappa shape index (κ1) is 19.1. The minimum absolute atomic E-state index is 0. The maximum Gasteiger partial charge on any atom is 0.416 e. The third-order valence-corrected chi connectivity index (χ3v) is 4.95. The van der Waals surface area contributed by atoms with E-state index in [1.165, 1.54) is 12.1 Å². The molecule has 0 radical (unpaired) electrons. The van der Waals surface area contributed by atoms with E-state index in [-0.39, 0.29) is 36.2 Å². The summed E-state index contributed by atoms with van der Waals surface area (Å²) < 4.78 is 38.4. The fraction of sp³-hybridized carbons (Fsp3) is 0.588. The van der Waals surface area contributed by atoms with Crippen LogP contribution < -0.4 is 5.32 Å². The second-order valence-corrected chi connectivity index (χ2v) is 6.50. The largest absolute Gasteiger partial charge is 0.416 e. The van der Waals surface area contributed by atoms with Crippen LogP contribution in [0, 0.1) is 5.92 Å². The van der Waals surface area contributed by atoms with E-state index in [4.69, 9.17) is 0 Å². The number of hydrogen-bond acceptors (Lipinski definition) is 2. The van der Waals surface area contributed by atoms with E-state index >= 15 is 0 Å². The highest BCUT2D eigenvalue weighted by Crippen LogP contribution is 2.49. The molecule has 1 N–H and O–H groups in total. The van der Waals surface area contributed by atoms with E-state index in [9.17, 15) is 18.0 Å². The Labute approximate surface area is 146 Å². The predicted octanol–water partition coefficient (Wildman–Crippen LogP) is 3.44. The summed E-state index contributed by atoms with van der Waals surface area (Å²) in [7, 11) is 1.82. The molecule has 1 amide bonds. The van der Waals surface area contributed by atoms with Crippen molar-refractivity contribution in [1.29, 1.82) is 0 Å². The third-order valence-electron chi connectivity index (χ3n) is 4.95. The Kier molecular flexibility index (Phi) is 5.81. The van der Waals surface area contributed by atoms with Gasteiger partial charge in [-0.1, -0.05) is 18.2 Å². The fourth-order valence-electron chi connectivity index (χ4n) is 3.42. The van der Waals surface area contributed by atoms with Crippen LogP contribution in [-0.2, 0) is 11.0 Å². The number of rotatable bonds is 3. The average molecular weight is 363 g/mol. The van der Waals surface area contributed by atoms with E-state index in [0.717, 1.165) is 32.0 Å². The van der Waals surface area contributed by atoms with Gasteiger partial charge in [-0.25, -0.2) is 0 Å².